The second kappa shape index (κ2) is 5.49. The first-order valence-corrected chi connectivity index (χ1v) is 6.70. The maximum absolute atomic E-state index is 12.4. The van der Waals surface area contributed by atoms with Gasteiger partial charge in [0.05, 0.1) is 5.88 Å². The molecule has 0 saturated heterocycles. The molecular weight excluding hydrogens is 248 g/mol. The van der Waals surface area contributed by atoms with Crippen molar-refractivity contribution in [1.82, 2.24) is 0 Å². The number of allylic oxidation sites excluding steroid dienone is 2. The van der Waals surface area contributed by atoms with Crippen LogP contribution in [0.15, 0.2) is 35.4 Å². The van der Waals surface area contributed by atoms with Gasteiger partial charge < -0.3 is 0 Å². The summed E-state index contributed by atoms with van der Waals surface area (Å²) < 4.78 is 0. The lowest BCUT2D eigenvalue weighted by molar-refractivity contribution is 0.0972. The number of carbonyl (C=O) groups is 2. The summed E-state index contributed by atoms with van der Waals surface area (Å²) in [6.07, 6.45) is 2.52. The lowest BCUT2D eigenvalue weighted by atomic mass is 9.83. The molecule has 0 fully saturated rings. The maximum atomic E-state index is 12.4. The van der Waals surface area contributed by atoms with Crippen LogP contribution in [0, 0.1) is 0 Å². The third kappa shape index (κ3) is 2.13. The number of alkyl halides is 1. The van der Waals surface area contributed by atoms with Gasteiger partial charge in [0.2, 0.25) is 0 Å². The Labute approximate surface area is 112 Å². The standard InChI is InChI=1S/C15H15ClO2/c1-2-3-6-12-13(9-16)15(18)11-8-5-4-7-10(11)14(12)17/h4-5,7-8H,2-3,6,9H2,1H3. The van der Waals surface area contributed by atoms with Crippen molar-refractivity contribution < 1.29 is 9.59 Å². The van der Waals surface area contributed by atoms with Gasteiger partial charge in [-0.25, -0.2) is 0 Å². The van der Waals surface area contributed by atoms with E-state index >= 15 is 0 Å². The molecule has 0 bridgehead atoms. The van der Waals surface area contributed by atoms with Crippen molar-refractivity contribution in [2.45, 2.75) is 26.2 Å². The van der Waals surface area contributed by atoms with Crippen molar-refractivity contribution in [1.29, 1.82) is 0 Å². The molecule has 0 amide bonds. The summed E-state index contributed by atoms with van der Waals surface area (Å²) in [6, 6.07) is 6.96. The zero-order valence-electron chi connectivity index (χ0n) is 10.3. The van der Waals surface area contributed by atoms with Gasteiger partial charge in [-0.05, 0) is 12.8 Å². The minimum Gasteiger partial charge on any atom is -0.289 e. The normalized spacial score (nSPS) is 15.0. The van der Waals surface area contributed by atoms with E-state index in [0.29, 0.717) is 28.7 Å². The number of ketones is 2. The molecule has 1 aromatic rings. The minimum absolute atomic E-state index is 0.0331. The van der Waals surface area contributed by atoms with Crippen LogP contribution in [0.25, 0.3) is 0 Å². The highest BCUT2D eigenvalue weighted by atomic mass is 35.5. The second-order valence-corrected chi connectivity index (χ2v) is 4.67. The highest BCUT2D eigenvalue weighted by Gasteiger charge is 2.30. The number of halogens is 1. The first-order valence-electron chi connectivity index (χ1n) is 6.17. The largest absolute Gasteiger partial charge is 0.289 e. The van der Waals surface area contributed by atoms with Crippen LogP contribution in [0.3, 0.4) is 0 Å². The molecule has 3 heteroatoms. The Morgan fingerprint density at radius 2 is 1.56 bits per heavy atom. The number of hydrogen-bond acceptors (Lipinski definition) is 2. The van der Waals surface area contributed by atoms with Gasteiger partial charge in [0.15, 0.2) is 11.6 Å². The Morgan fingerprint density at radius 1 is 1.00 bits per heavy atom. The smallest absolute Gasteiger partial charge is 0.191 e. The second-order valence-electron chi connectivity index (χ2n) is 4.40. The van der Waals surface area contributed by atoms with Crippen LogP contribution < -0.4 is 0 Å². The van der Waals surface area contributed by atoms with Gasteiger partial charge in [0, 0.05) is 22.3 Å². The van der Waals surface area contributed by atoms with Crippen molar-refractivity contribution in [3.05, 3.63) is 46.5 Å². The molecule has 2 nitrogen and oxygen atoms in total. The third-order valence-electron chi connectivity index (χ3n) is 3.24. The average Bonchev–Trinajstić information content (AvgIpc) is 2.41. The first kappa shape index (κ1) is 13.0. The van der Waals surface area contributed by atoms with E-state index in [2.05, 4.69) is 6.92 Å². The zero-order chi connectivity index (χ0) is 13.1. The van der Waals surface area contributed by atoms with E-state index in [1.165, 1.54) is 0 Å². The number of rotatable bonds is 4. The summed E-state index contributed by atoms with van der Waals surface area (Å²) in [5.74, 6) is -0.0154. The maximum Gasteiger partial charge on any atom is 0.191 e. The summed E-state index contributed by atoms with van der Waals surface area (Å²) in [4.78, 5) is 24.6. The van der Waals surface area contributed by atoms with Gasteiger partial charge in [0.25, 0.3) is 0 Å². The Morgan fingerprint density at radius 3 is 2.06 bits per heavy atom. The van der Waals surface area contributed by atoms with Crippen molar-refractivity contribution in [3.8, 4) is 0 Å². The molecule has 18 heavy (non-hydrogen) atoms. The SMILES string of the molecule is CCCCC1=C(CCl)C(=O)c2ccccc2C1=O. The lowest BCUT2D eigenvalue weighted by Crippen LogP contribution is -2.23. The fourth-order valence-electron chi connectivity index (χ4n) is 2.24. The van der Waals surface area contributed by atoms with Gasteiger partial charge in [-0.2, -0.15) is 0 Å². The minimum atomic E-state index is -0.0914. The zero-order valence-corrected chi connectivity index (χ0v) is 11.1. The van der Waals surface area contributed by atoms with Gasteiger partial charge in [0.1, 0.15) is 0 Å². The summed E-state index contributed by atoms with van der Waals surface area (Å²) in [6.45, 7) is 2.06. The van der Waals surface area contributed by atoms with E-state index in [9.17, 15) is 9.59 Å². The predicted molar refractivity (Wildman–Crippen MR) is 72.4 cm³/mol. The van der Waals surface area contributed by atoms with E-state index < -0.39 is 0 Å². The molecule has 0 atom stereocenters. The van der Waals surface area contributed by atoms with Crippen LogP contribution in [0.4, 0.5) is 0 Å². The fraction of sp³-hybridized carbons (Fsp3) is 0.333. The van der Waals surface area contributed by atoms with Gasteiger partial charge >= 0.3 is 0 Å². The third-order valence-corrected chi connectivity index (χ3v) is 3.51. The molecule has 0 heterocycles. The Balaban J connectivity index is 2.50. The Hall–Kier alpha value is -1.41. The van der Waals surface area contributed by atoms with E-state index in [1.54, 1.807) is 24.3 Å². The van der Waals surface area contributed by atoms with Crippen LogP contribution in [-0.4, -0.2) is 17.4 Å². The fourth-order valence-corrected chi connectivity index (χ4v) is 2.52. The number of carbonyl (C=O) groups excluding carboxylic acids is 2. The van der Waals surface area contributed by atoms with E-state index in [4.69, 9.17) is 11.6 Å². The van der Waals surface area contributed by atoms with Crippen molar-refractivity contribution in [3.63, 3.8) is 0 Å². The molecule has 0 N–H and O–H groups in total. The van der Waals surface area contributed by atoms with Crippen LogP contribution in [0.2, 0.25) is 0 Å². The number of benzene rings is 1. The monoisotopic (exact) mass is 262 g/mol. The van der Waals surface area contributed by atoms with Gasteiger partial charge in [-0.3, -0.25) is 9.59 Å². The van der Waals surface area contributed by atoms with E-state index in [0.717, 1.165) is 12.8 Å². The highest BCUT2D eigenvalue weighted by molar-refractivity contribution is 6.32. The quantitative estimate of drug-likeness (QED) is 0.774. The number of fused-ring (bicyclic) bond motifs is 1. The summed E-state index contributed by atoms with van der Waals surface area (Å²) in [5.41, 5.74) is 2.09. The molecule has 1 aromatic carbocycles. The first-order chi connectivity index (χ1) is 8.70. The van der Waals surface area contributed by atoms with Crippen LogP contribution in [0.1, 0.15) is 46.9 Å². The number of hydrogen-bond donors (Lipinski definition) is 0. The van der Waals surface area contributed by atoms with Crippen molar-refractivity contribution >= 4 is 23.2 Å². The average molecular weight is 263 g/mol. The number of Topliss-reactive ketones (excluding diaryl/α,β-unsaturated/α-hetero) is 2. The highest BCUT2D eigenvalue weighted by Crippen LogP contribution is 2.29. The van der Waals surface area contributed by atoms with Crippen molar-refractivity contribution in [2.75, 3.05) is 5.88 Å². The Kier molecular flexibility index (Phi) is 3.97. The van der Waals surface area contributed by atoms with E-state index in [1.807, 2.05) is 0 Å². The topological polar surface area (TPSA) is 34.1 Å². The van der Waals surface area contributed by atoms with Crippen LogP contribution in [-0.2, 0) is 0 Å². The molecule has 0 radical (unpaired) electrons. The molecule has 0 spiro atoms. The molecule has 1 aliphatic rings. The molecule has 0 saturated carbocycles. The molecule has 94 valence electrons. The van der Waals surface area contributed by atoms with Crippen molar-refractivity contribution in [2.24, 2.45) is 0 Å². The van der Waals surface area contributed by atoms with Gasteiger partial charge in [-0.15, -0.1) is 11.6 Å². The molecule has 0 unspecified atom stereocenters. The Bertz CT molecular complexity index is 529. The molecular formula is C15H15ClO2. The molecule has 1 aliphatic carbocycles. The van der Waals surface area contributed by atoms with E-state index in [-0.39, 0.29) is 17.4 Å². The van der Waals surface area contributed by atoms with Crippen LogP contribution >= 0.6 is 11.6 Å². The van der Waals surface area contributed by atoms with Crippen LogP contribution in [0.5, 0.6) is 0 Å². The van der Waals surface area contributed by atoms with Gasteiger partial charge in [-0.1, -0.05) is 37.6 Å². The molecule has 2 rings (SSSR count). The summed E-state index contributed by atoms with van der Waals surface area (Å²) in [7, 11) is 0. The predicted octanol–water partition coefficient (Wildman–Crippen LogP) is 3.79. The summed E-state index contributed by atoms with van der Waals surface area (Å²) >= 11 is 5.85. The summed E-state index contributed by atoms with van der Waals surface area (Å²) in [5, 5.41) is 0. The number of unbranched alkanes of at least 4 members (excludes halogenated alkanes) is 1. The molecule has 0 aromatic heterocycles. The molecule has 0 aliphatic heterocycles. The lowest BCUT2D eigenvalue weighted by Gasteiger charge is -2.19.